The lowest BCUT2D eigenvalue weighted by atomic mass is 10.3. The maximum absolute atomic E-state index is 5.46. The normalized spacial score (nSPS) is 10.4. The number of rotatable bonds is 5. The van der Waals surface area contributed by atoms with E-state index >= 15 is 0 Å². The Labute approximate surface area is 83.6 Å². The minimum Gasteiger partial charge on any atom is -0.349 e. The minimum absolute atomic E-state index is 0.682. The smallest absolute Gasteiger partial charge is 0.185 e. The Morgan fingerprint density at radius 1 is 1.46 bits per heavy atom. The molecule has 0 atom stereocenters. The largest absolute Gasteiger partial charge is 0.349 e. The summed E-state index contributed by atoms with van der Waals surface area (Å²) in [5.74, 6) is 0. The SMILES string of the molecule is CCN(CC)c1nc(CCN)cs1. The third kappa shape index (κ3) is 2.67. The summed E-state index contributed by atoms with van der Waals surface area (Å²) in [6, 6.07) is 0. The molecule has 0 amide bonds. The van der Waals surface area contributed by atoms with E-state index in [0.717, 1.165) is 30.3 Å². The maximum Gasteiger partial charge on any atom is 0.185 e. The summed E-state index contributed by atoms with van der Waals surface area (Å²) in [4.78, 5) is 6.76. The van der Waals surface area contributed by atoms with Crippen molar-refractivity contribution in [3.8, 4) is 0 Å². The summed E-state index contributed by atoms with van der Waals surface area (Å²) in [7, 11) is 0. The molecule has 1 heterocycles. The van der Waals surface area contributed by atoms with E-state index in [4.69, 9.17) is 5.73 Å². The molecule has 0 bridgehead atoms. The lowest BCUT2D eigenvalue weighted by Crippen LogP contribution is -2.21. The number of anilines is 1. The van der Waals surface area contributed by atoms with Gasteiger partial charge in [0.2, 0.25) is 0 Å². The van der Waals surface area contributed by atoms with Crippen LogP contribution in [0.3, 0.4) is 0 Å². The molecule has 4 heteroatoms. The van der Waals surface area contributed by atoms with Crippen molar-refractivity contribution in [2.24, 2.45) is 5.73 Å². The van der Waals surface area contributed by atoms with Gasteiger partial charge in [0.05, 0.1) is 5.69 Å². The van der Waals surface area contributed by atoms with Crippen molar-refractivity contribution in [2.45, 2.75) is 20.3 Å². The quantitative estimate of drug-likeness (QED) is 0.781. The number of nitrogens with zero attached hydrogens (tertiary/aromatic N) is 2. The zero-order valence-corrected chi connectivity index (χ0v) is 9.10. The highest BCUT2D eigenvalue weighted by Gasteiger charge is 2.06. The molecule has 0 aliphatic rings. The van der Waals surface area contributed by atoms with E-state index in [-0.39, 0.29) is 0 Å². The van der Waals surface area contributed by atoms with E-state index in [0.29, 0.717) is 6.54 Å². The standard InChI is InChI=1S/C9H17N3S/c1-3-12(4-2)9-11-8(5-6-10)7-13-9/h7H,3-6,10H2,1-2H3. The fourth-order valence-corrected chi connectivity index (χ4v) is 2.19. The maximum atomic E-state index is 5.46. The van der Waals surface area contributed by atoms with Crippen LogP contribution in [0.15, 0.2) is 5.38 Å². The van der Waals surface area contributed by atoms with Crippen molar-refractivity contribution >= 4 is 16.5 Å². The zero-order valence-electron chi connectivity index (χ0n) is 8.29. The minimum atomic E-state index is 0.682. The molecule has 1 aromatic heterocycles. The van der Waals surface area contributed by atoms with Crippen LogP contribution in [0.5, 0.6) is 0 Å². The molecule has 0 aliphatic carbocycles. The number of thiazole rings is 1. The molecule has 0 aliphatic heterocycles. The molecule has 74 valence electrons. The number of hydrogen-bond acceptors (Lipinski definition) is 4. The van der Waals surface area contributed by atoms with Gasteiger partial charge in [-0.3, -0.25) is 0 Å². The lowest BCUT2D eigenvalue weighted by molar-refractivity contribution is 0.848. The topological polar surface area (TPSA) is 42.2 Å². The first-order valence-electron chi connectivity index (χ1n) is 4.71. The Kier molecular flexibility index (Phi) is 4.18. The van der Waals surface area contributed by atoms with Crippen molar-refractivity contribution in [1.29, 1.82) is 0 Å². The van der Waals surface area contributed by atoms with E-state index in [1.54, 1.807) is 11.3 Å². The number of hydrogen-bond donors (Lipinski definition) is 1. The molecule has 0 unspecified atom stereocenters. The van der Waals surface area contributed by atoms with Crippen LogP contribution < -0.4 is 10.6 Å². The summed E-state index contributed by atoms with van der Waals surface area (Å²) in [6.45, 7) is 7.01. The molecule has 0 saturated heterocycles. The van der Waals surface area contributed by atoms with Crippen LogP contribution in [0, 0.1) is 0 Å². The van der Waals surface area contributed by atoms with E-state index in [9.17, 15) is 0 Å². The van der Waals surface area contributed by atoms with Gasteiger partial charge in [0, 0.05) is 24.9 Å². The molecular formula is C9H17N3S. The van der Waals surface area contributed by atoms with E-state index < -0.39 is 0 Å². The van der Waals surface area contributed by atoms with Crippen LogP contribution in [0.4, 0.5) is 5.13 Å². The van der Waals surface area contributed by atoms with Gasteiger partial charge in [-0.2, -0.15) is 0 Å². The second kappa shape index (κ2) is 5.19. The van der Waals surface area contributed by atoms with Gasteiger partial charge in [-0.15, -0.1) is 11.3 Å². The fraction of sp³-hybridized carbons (Fsp3) is 0.667. The van der Waals surface area contributed by atoms with Crippen LogP contribution in [0.2, 0.25) is 0 Å². The fourth-order valence-electron chi connectivity index (χ4n) is 1.20. The van der Waals surface area contributed by atoms with Gasteiger partial charge in [-0.1, -0.05) is 0 Å². The molecule has 0 radical (unpaired) electrons. The second-order valence-corrected chi connectivity index (χ2v) is 3.67. The molecule has 0 spiro atoms. The van der Waals surface area contributed by atoms with Gasteiger partial charge in [0.1, 0.15) is 0 Å². The van der Waals surface area contributed by atoms with Gasteiger partial charge in [-0.05, 0) is 20.4 Å². The Hall–Kier alpha value is -0.610. The van der Waals surface area contributed by atoms with Gasteiger partial charge in [0.15, 0.2) is 5.13 Å². The average molecular weight is 199 g/mol. The molecule has 1 rings (SSSR count). The predicted octanol–water partition coefficient (Wildman–Crippen LogP) is 1.49. The van der Waals surface area contributed by atoms with E-state index in [2.05, 4.69) is 29.1 Å². The van der Waals surface area contributed by atoms with Gasteiger partial charge < -0.3 is 10.6 Å². The van der Waals surface area contributed by atoms with E-state index in [1.807, 2.05) is 0 Å². The average Bonchev–Trinajstić information content (AvgIpc) is 2.56. The van der Waals surface area contributed by atoms with E-state index in [1.165, 1.54) is 0 Å². The second-order valence-electron chi connectivity index (χ2n) is 2.83. The van der Waals surface area contributed by atoms with Crippen LogP contribution in [0.25, 0.3) is 0 Å². The van der Waals surface area contributed by atoms with Gasteiger partial charge in [0.25, 0.3) is 0 Å². The summed E-state index contributed by atoms with van der Waals surface area (Å²) < 4.78 is 0. The van der Waals surface area contributed by atoms with Crippen LogP contribution in [-0.4, -0.2) is 24.6 Å². The summed E-state index contributed by atoms with van der Waals surface area (Å²) in [5, 5.41) is 3.22. The molecule has 0 saturated carbocycles. The number of aromatic nitrogens is 1. The molecule has 0 fully saturated rings. The summed E-state index contributed by atoms with van der Waals surface area (Å²) in [5.41, 5.74) is 6.58. The predicted molar refractivity (Wildman–Crippen MR) is 58.4 cm³/mol. The first-order chi connectivity index (χ1) is 6.31. The first kappa shape index (κ1) is 10.5. The highest BCUT2D eigenvalue weighted by Crippen LogP contribution is 2.19. The third-order valence-corrected chi connectivity index (χ3v) is 2.92. The summed E-state index contributed by atoms with van der Waals surface area (Å²) in [6.07, 6.45) is 0.887. The van der Waals surface area contributed by atoms with Crippen LogP contribution >= 0.6 is 11.3 Å². The third-order valence-electron chi connectivity index (χ3n) is 1.97. The molecular weight excluding hydrogens is 182 g/mol. The number of nitrogens with two attached hydrogens (primary N) is 1. The van der Waals surface area contributed by atoms with Crippen molar-refractivity contribution in [2.75, 3.05) is 24.5 Å². The monoisotopic (exact) mass is 199 g/mol. The zero-order chi connectivity index (χ0) is 9.68. The molecule has 3 nitrogen and oxygen atoms in total. The Morgan fingerprint density at radius 3 is 2.69 bits per heavy atom. The lowest BCUT2D eigenvalue weighted by Gasteiger charge is -2.16. The summed E-state index contributed by atoms with van der Waals surface area (Å²) >= 11 is 1.71. The Bertz CT molecular complexity index is 243. The van der Waals surface area contributed by atoms with Crippen molar-refractivity contribution in [3.63, 3.8) is 0 Å². The highest BCUT2D eigenvalue weighted by atomic mass is 32.1. The molecule has 2 N–H and O–H groups in total. The molecule has 13 heavy (non-hydrogen) atoms. The van der Waals surface area contributed by atoms with Crippen molar-refractivity contribution in [3.05, 3.63) is 11.1 Å². The van der Waals surface area contributed by atoms with Crippen LogP contribution in [0.1, 0.15) is 19.5 Å². The van der Waals surface area contributed by atoms with Gasteiger partial charge in [-0.25, -0.2) is 4.98 Å². The molecule has 0 aromatic carbocycles. The van der Waals surface area contributed by atoms with Crippen molar-refractivity contribution in [1.82, 2.24) is 4.98 Å². The Morgan fingerprint density at radius 2 is 2.15 bits per heavy atom. The Balaban J connectivity index is 2.66. The molecule has 1 aromatic rings. The first-order valence-corrected chi connectivity index (χ1v) is 5.59. The van der Waals surface area contributed by atoms with Crippen LogP contribution in [-0.2, 0) is 6.42 Å². The van der Waals surface area contributed by atoms with Crippen molar-refractivity contribution < 1.29 is 0 Å². The van der Waals surface area contributed by atoms with Gasteiger partial charge >= 0.3 is 0 Å². The highest BCUT2D eigenvalue weighted by molar-refractivity contribution is 7.13.